The first-order valence-electron chi connectivity index (χ1n) is 5.90. The van der Waals surface area contributed by atoms with E-state index in [1.807, 2.05) is 30.5 Å². The number of hydrogen-bond donors (Lipinski definition) is 1. The Bertz CT molecular complexity index is 563. The fourth-order valence-electron chi connectivity index (χ4n) is 2.37. The van der Waals surface area contributed by atoms with Crippen molar-refractivity contribution in [1.82, 2.24) is 14.6 Å². The quantitative estimate of drug-likeness (QED) is 0.794. The van der Waals surface area contributed by atoms with Crippen LogP contribution in [0, 0.1) is 13.8 Å². The summed E-state index contributed by atoms with van der Waals surface area (Å²) in [4.78, 5) is 6.62. The summed E-state index contributed by atoms with van der Waals surface area (Å²) in [6.07, 6.45) is 0.596. The summed E-state index contributed by atoms with van der Waals surface area (Å²) < 4.78 is 1.86. The molecule has 0 amide bonds. The second-order valence-corrected chi connectivity index (χ2v) is 4.70. The Morgan fingerprint density at radius 1 is 1.29 bits per heavy atom. The van der Waals surface area contributed by atoms with Crippen LogP contribution in [0.4, 0.5) is 5.82 Å². The standard InChI is InChI=1S/C12H16N4O/c1-8-6-12(15-4-3-10(17)7-15)16-11(13-8)5-9(2)14-16/h5-6,10,17H,3-4,7H2,1-2H3. The molecule has 1 aliphatic heterocycles. The van der Waals surface area contributed by atoms with E-state index < -0.39 is 0 Å². The van der Waals surface area contributed by atoms with Gasteiger partial charge >= 0.3 is 0 Å². The van der Waals surface area contributed by atoms with E-state index in [1.54, 1.807) is 0 Å². The highest BCUT2D eigenvalue weighted by Crippen LogP contribution is 2.22. The molecule has 1 atom stereocenters. The molecule has 0 aliphatic carbocycles. The summed E-state index contributed by atoms with van der Waals surface area (Å²) in [7, 11) is 0. The molecule has 0 radical (unpaired) electrons. The molecule has 5 heteroatoms. The Morgan fingerprint density at radius 2 is 2.12 bits per heavy atom. The van der Waals surface area contributed by atoms with Crippen LogP contribution in [0.25, 0.3) is 5.65 Å². The maximum absolute atomic E-state index is 9.62. The fraction of sp³-hybridized carbons (Fsp3) is 0.500. The van der Waals surface area contributed by atoms with Crippen molar-refractivity contribution in [2.75, 3.05) is 18.0 Å². The molecule has 0 bridgehead atoms. The van der Waals surface area contributed by atoms with Crippen molar-refractivity contribution in [3.63, 3.8) is 0 Å². The van der Waals surface area contributed by atoms with Crippen LogP contribution in [0.2, 0.25) is 0 Å². The third kappa shape index (κ3) is 1.76. The minimum Gasteiger partial charge on any atom is -0.391 e. The van der Waals surface area contributed by atoms with Gasteiger partial charge in [-0.2, -0.15) is 9.61 Å². The van der Waals surface area contributed by atoms with E-state index in [2.05, 4.69) is 15.0 Å². The van der Waals surface area contributed by atoms with Gasteiger partial charge < -0.3 is 10.0 Å². The van der Waals surface area contributed by atoms with Gasteiger partial charge in [-0.1, -0.05) is 0 Å². The summed E-state index contributed by atoms with van der Waals surface area (Å²) in [6.45, 7) is 5.50. The third-order valence-corrected chi connectivity index (χ3v) is 3.15. The smallest absolute Gasteiger partial charge is 0.157 e. The molecule has 2 aromatic rings. The molecule has 1 fully saturated rings. The van der Waals surface area contributed by atoms with Gasteiger partial charge in [0.2, 0.25) is 0 Å². The van der Waals surface area contributed by atoms with Crippen molar-refractivity contribution >= 4 is 11.5 Å². The third-order valence-electron chi connectivity index (χ3n) is 3.15. The van der Waals surface area contributed by atoms with E-state index in [-0.39, 0.29) is 6.10 Å². The van der Waals surface area contributed by atoms with Crippen LogP contribution in [0.3, 0.4) is 0 Å². The summed E-state index contributed by atoms with van der Waals surface area (Å²) in [5.74, 6) is 1.03. The normalized spacial score (nSPS) is 20.4. The molecule has 17 heavy (non-hydrogen) atoms. The zero-order chi connectivity index (χ0) is 12.0. The van der Waals surface area contributed by atoms with Crippen molar-refractivity contribution in [3.8, 4) is 0 Å². The van der Waals surface area contributed by atoms with Crippen LogP contribution >= 0.6 is 0 Å². The van der Waals surface area contributed by atoms with Gasteiger partial charge in [0.05, 0.1) is 11.8 Å². The number of hydrogen-bond acceptors (Lipinski definition) is 4. The summed E-state index contributed by atoms with van der Waals surface area (Å²) in [5.41, 5.74) is 2.82. The second kappa shape index (κ2) is 3.70. The molecule has 1 aliphatic rings. The Hall–Kier alpha value is -1.62. The Labute approximate surface area is 99.7 Å². The van der Waals surface area contributed by atoms with Crippen LogP contribution in [0.5, 0.6) is 0 Å². The highest BCUT2D eigenvalue weighted by atomic mass is 16.3. The maximum Gasteiger partial charge on any atom is 0.157 e. The molecular weight excluding hydrogens is 216 g/mol. The minimum atomic E-state index is -0.227. The molecule has 90 valence electrons. The van der Waals surface area contributed by atoms with Crippen LogP contribution in [-0.4, -0.2) is 38.9 Å². The number of nitrogens with zero attached hydrogens (tertiary/aromatic N) is 4. The van der Waals surface area contributed by atoms with Gasteiger partial charge in [0, 0.05) is 30.9 Å². The lowest BCUT2D eigenvalue weighted by atomic mass is 10.3. The lowest BCUT2D eigenvalue weighted by molar-refractivity contribution is 0.198. The van der Waals surface area contributed by atoms with Crippen molar-refractivity contribution < 1.29 is 5.11 Å². The number of aliphatic hydroxyl groups excluding tert-OH is 1. The number of aromatic nitrogens is 3. The van der Waals surface area contributed by atoms with E-state index in [0.717, 1.165) is 35.8 Å². The van der Waals surface area contributed by atoms with E-state index in [1.165, 1.54) is 0 Å². The highest BCUT2D eigenvalue weighted by molar-refractivity contribution is 5.52. The Morgan fingerprint density at radius 3 is 2.82 bits per heavy atom. The van der Waals surface area contributed by atoms with Crippen LogP contribution in [0.1, 0.15) is 17.8 Å². The summed E-state index contributed by atoms with van der Waals surface area (Å²) >= 11 is 0. The predicted molar refractivity (Wildman–Crippen MR) is 65.3 cm³/mol. The van der Waals surface area contributed by atoms with E-state index in [4.69, 9.17) is 0 Å². The first kappa shape index (κ1) is 10.5. The lowest BCUT2D eigenvalue weighted by Gasteiger charge is -2.18. The number of aliphatic hydroxyl groups is 1. The molecular formula is C12H16N4O. The first-order valence-corrected chi connectivity index (χ1v) is 5.90. The Kier molecular flexibility index (Phi) is 2.29. The van der Waals surface area contributed by atoms with Gasteiger partial charge in [-0.25, -0.2) is 4.98 Å². The molecule has 3 heterocycles. The van der Waals surface area contributed by atoms with E-state index >= 15 is 0 Å². The average Bonchev–Trinajstić information content (AvgIpc) is 2.82. The van der Waals surface area contributed by atoms with Gasteiger partial charge in [-0.3, -0.25) is 0 Å². The second-order valence-electron chi connectivity index (χ2n) is 4.70. The average molecular weight is 232 g/mol. The minimum absolute atomic E-state index is 0.227. The van der Waals surface area contributed by atoms with Gasteiger partial charge in [-0.05, 0) is 20.3 Å². The van der Waals surface area contributed by atoms with Crippen molar-refractivity contribution in [3.05, 3.63) is 23.5 Å². The zero-order valence-corrected chi connectivity index (χ0v) is 10.1. The topological polar surface area (TPSA) is 53.7 Å². The lowest BCUT2D eigenvalue weighted by Crippen LogP contribution is -2.24. The van der Waals surface area contributed by atoms with Crippen LogP contribution < -0.4 is 4.90 Å². The number of fused-ring (bicyclic) bond motifs is 1. The molecule has 1 saturated heterocycles. The zero-order valence-electron chi connectivity index (χ0n) is 10.1. The molecule has 3 rings (SSSR count). The van der Waals surface area contributed by atoms with E-state index in [9.17, 15) is 5.11 Å². The predicted octanol–water partition coefficient (Wildman–Crippen LogP) is 0.917. The van der Waals surface area contributed by atoms with E-state index in [0.29, 0.717) is 6.54 Å². The summed E-state index contributed by atoms with van der Waals surface area (Å²) in [5, 5.41) is 14.1. The molecule has 1 N–H and O–H groups in total. The van der Waals surface area contributed by atoms with Gasteiger partial charge in [0.1, 0.15) is 5.82 Å². The molecule has 1 unspecified atom stereocenters. The van der Waals surface area contributed by atoms with Crippen LogP contribution in [0.15, 0.2) is 12.1 Å². The van der Waals surface area contributed by atoms with Crippen LogP contribution in [-0.2, 0) is 0 Å². The van der Waals surface area contributed by atoms with Gasteiger partial charge in [0.25, 0.3) is 0 Å². The first-order chi connectivity index (χ1) is 8.13. The number of anilines is 1. The van der Waals surface area contributed by atoms with Crippen molar-refractivity contribution in [1.29, 1.82) is 0 Å². The Balaban J connectivity index is 2.14. The number of aryl methyl sites for hydroxylation is 2. The highest BCUT2D eigenvalue weighted by Gasteiger charge is 2.23. The molecule has 2 aromatic heterocycles. The molecule has 0 aromatic carbocycles. The molecule has 0 saturated carbocycles. The monoisotopic (exact) mass is 232 g/mol. The number of β-amino-alcohol motifs (C(OH)–C–C–N with tert-alkyl or cyclic N) is 1. The maximum atomic E-state index is 9.62. The molecule has 5 nitrogen and oxygen atoms in total. The molecule has 0 spiro atoms. The fourth-order valence-corrected chi connectivity index (χ4v) is 2.37. The number of rotatable bonds is 1. The van der Waals surface area contributed by atoms with Crippen molar-refractivity contribution in [2.24, 2.45) is 0 Å². The van der Waals surface area contributed by atoms with Gasteiger partial charge in [-0.15, -0.1) is 0 Å². The van der Waals surface area contributed by atoms with Crippen molar-refractivity contribution in [2.45, 2.75) is 26.4 Å². The SMILES string of the molecule is Cc1cc(N2CCC(O)C2)n2nc(C)cc2n1. The van der Waals surface area contributed by atoms with Gasteiger partial charge in [0.15, 0.2) is 5.65 Å². The summed E-state index contributed by atoms with van der Waals surface area (Å²) in [6, 6.07) is 4.00. The largest absolute Gasteiger partial charge is 0.391 e.